The molecule has 1 aromatic rings. The molecule has 0 saturated heterocycles. The third-order valence-corrected chi connectivity index (χ3v) is 4.26. The van der Waals surface area contributed by atoms with Gasteiger partial charge in [0.25, 0.3) is 0 Å². The van der Waals surface area contributed by atoms with Gasteiger partial charge in [-0.3, -0.25) is 4.79 Å². The van der Waals surface area contributed by atoms with Gasteiger partial charge in [0, 0.05) is 23.3 Å². The summed E-state index contributed by atoms with van der Waals surface area (Å²) in [6.45, 7) is -0.165. The van der Waals surface area contributed by atoms with Crippen molar-refractivity contribution in [2.75, 3.05) is 7.11 Å². The van der Waals surface area contributed by atoms with Crippen LogP contribution in [0.3, 0.4) is 0 Å². The quantitative estimate of drug-likeness (QED) is 0.864. The van der Waals surface area contributed by atoms with Crippen LogP contribution >= 0.6 is 11.6 Å². The number of halogens is 3. The van der Waals surface area contributed by atoms with Crippen LogP contribution < -0.4 is 0 Å². The smallest absolute Gasteiger partial charge is 0.314 e. The Morgan fingerprint density at radius 2 is 2.00 bits per heavy atom. The SMILES string of the molecule is COCc1c(Cl)cc(C2(C(=O)O)CCCC2)c(F)c1F. The zero-order chi connectivity index (χ0) is 14.9. The third-order valence-electron chi connectivity index (χ3n) is 3.92. The maximum atomic E-state index is 14.3. The number of carboxylic acid groups (broad SMARTS) is 1. The first-order valence-electron chi connectivity index (χ1n) is 6.33. The van der Waals surface area contributed by atoms with E-state index < -0.39 is 23.0 Å². The lowest BCUT2D eigenvalue weighted by molar-refractivity contribution is -0.143. The Hall–Kier alpha value is -1.20. The largest absolute Gasteiger partial charge is 0.481 e. The number of methoxy groups -OCH3 is 1. The number of carbonyl (C=O) groups is 1. The Bertz CT molecular complexity index is 540. The second-order valence-corrected chi connectivity index (χ2v) is 5.45. The van der Waals surface area contributed by atoms with Gasteiger partial charge in [0.15, 0.2) is 11.6 Å². The van der Waals surface area contributed by atoms with Crippen LogP contribution in [-0.2, 0) is 21.6 Å². The Kier molecular flexibility index (Phi) is 4.30. The third kappa shape index (κ3) is 2.29. The molecule has 0 aromatic heterocycles. The molecule has 0 heterocycles. The van der Waals surface area contributed by atoms with Crippen molar-refractivity contribution in [3.8, 4) is 0 Å². The molecular weight excluding hydrogens is 290 g/mol. The number of benzene rings is 1. The summed E-state index contributed by atoms with van der Waals surface area (Å²) in [6, 6.07) is 1.23. The van der Waals surface area contributed by atoms with Crippen molar-refractivity contribution >= 4 is 17.6 Å². The molecule has 2 rings (SSSR count). The zero-order valence-corrected chi connectivity index (χ0v) is 11.8. The molecule has 0 bridgehead atoms. The van der Waals surface area contributed by atoms with E-state index in [1.807, 2.05) is 0 Å². The fourth-order valence-corrected chi connectivity index (χ4v) is 3.08. The molecule has 0 spiro atoms. The van der Waals surface area contributed by atoms with Gasteiger partial charge in [-0.25, -0.2) is 8.78 Å². The van der Waals surface area contributed by atoms with Crippen molar-refractivity contribution in [1.29, 1.82) is 0 Å². The van der Waals surface area contributed by atoms with Gasteiger partial charge < -0.3 is 9.84 Å². The van der Waals surface area contributed by atoms with E-state index in [4.69, 9.17) is 16.3 Å². The molecule has 0 amide bonds. The van der Waals surface area contributed by atoms with Crippen molar-refractivity contribution in [3.05, 3.63) is 33.9 Å². The molecule has 1 N–H and O–H groups in total. The van der Waals surface area contributed by atoms with E-state index in [0.717, 1.165) is 0 Å². The molecule has 1 aromatic carbocycles. The summed E-state index contributed by atoms with van der Waals surface area (Å²) < 4.78 is 33.1. The van der Waals surface area contributed by atoms with Crippen molar-refractivity contribution in [3.63, 3.8) is 0 Å². The maximum Gasteiger partial charge on any atom is 0.314 e. The summed E-state index contributed by atoms with van der Waals surface area (Å²) in [5.41, 5.74) is -1.63. The van der Waals surface area contributed by atoms with Crippen LogP contribution in [0.2, 0.25) is 5.02 Å². The van der Waals surface area contributed by atoms with Crippen LogP contribution in [0.25, 0.3) is 0 Å². The highest BCUT2D eigenvalue weighted by Gasteiger charge is 2.45. The molecule has 0 radical (unpaired) electrons. The normalized spacial score (nSPS) is 17.4. The molecule has 1 fully saturated rings. The standard InChI is InChI=1S/C14H15ClF2O3/c1-20-7-8-10(15)6-9(12(17)11(8)16)14(13(18)19)4-2-3-5-14/h6H,2-5,7H2,1H3,(H,18,19). The molecule has 20 heavy (non-hydrogen) atoms. The number of carboxylic acids is 1. The number of rotatable bonds is 4. The van der Waals surface area contributed by atoms with Crippen molar-refractivity contribution < 1.29 is 23.4 Å². The van der Waals surface area contributed by atoms with Gasteiger partial charge in [-0.2, -0.15) is 0 Å². The summed E-state index contributed by atoms with van der Waals surface area (Å²) in [5.74, 6) is -3.39. The predicted octanol–water partition coefficient (Wildman–Crippen LogP) is 3.66. The first-order valence-corrected chi connectivity index (χ1v) is 6.71. The Morgan fingerprint density at radius 1 is 1.40 bits per heavy atom. The van der Waals surface area contributed by atoms with Crippen LogP contribution in [0.4, 0.5) is 8.78 Å². The van der Waals surface area contributed by atoms with E-state index in [1.54, 1.807) is 0 Å². The second kappa shape index (κ2) is 5.66. The fourth-order valence-electron chi connectivity index (χ4n) is 2.83. The Balaban J connectivity index is 2.60. The Morgan fingerprint density at radius 3 is 2.50 bits per heavy atom. The molecule has 3 nitrogen and oxygen atoms in total. The van der Waals surface area contributed by atoms with Crippen LogP contribution in [0, 0.1) is 11.6 Å². The van der Waals surface area contributed by atoms with Crippen molar-refractivity contribution in [1.82, 2.24) is 0 Å². The van der Waals surface area contributed by atoms with Crippen LogP contribution in [-0.4, -0.2) is 18.2 Å². The van der Waals surface area contributed by atoms with Gasteiger partial charge in [0.05, 0.1) is 12.0 Å². The van der Waals surface area contributed by atoms with Crippen molar-refractivity contribution in [2.24, 2.45) is 0 Å². The summed E-state index contributed by atoms with van der Waals surface area (Å²) in [5, 5.41) is 9.43. The highest BCUT2D eigenvalue weighted by molar-refractivity contribution is 6.31. The first-order chi connectivity index (χ1) is 9.44. The molecular formula is C14H15ClF2O3. The van der Waals surface area contributed by atoms with E-state index in [-0.39, 0.29) is 22.8 Å². The zero-order valence-electron chi connectivity index (χ0n) is 11.0. The minimum Gasteiger partial charge on any atom is -0.481 e. The topological polar surface area (TPSA) is 46.5 Å². The molecule has 0 atom stereocenters. The number of hydrogen-bond acceptors (Lipinski definition) is 2. The predicted molar refractivity (Wildman–Crippen MR) is 69.9 cm³/mol. The number of ether oxygens (including phenoxy) is 1. The van der Waals surface area contributed by atoms with E-state index in [9.17, 15) is 18.7 Å². The van der Waals surface area contributed by atoms with Crippen LogP contribution in [0.15, 0.2) is 6.07 Å². The van der Waals surface area contributed by atoms with E-state index >= 15 is 0 Å². The lowest BCUT2D eigenvalue weighted by atomic mass is 9.78. The average molecular weight is 305 g/mol. The average Bonchev–Trinajstić information content (AvgIpc) is 2.89. The lowest BCUT2D eigenvalue weighted by Gasteiger charge is -2.26. The molecule has 110 valence electrons. The van der Waals surface area contributed by atoms with Gasteiger partial charge in [0.1, 0.15) is 0 Å². The summed E-state index contributed by atoms with van der Waals surface area (Å²) >= 11 is 5.95. The van der Waals surface area contributed by atoms with Gasteiger partial charge in [-0.1, -0.05) is 24.4 Å². The molecule has 1 saturated carbocycles. The number of hydrogen-bond donors (Lipinski definition) is 1. The first kappa shape index (κ1) is 15.2. The van der Waals surface area contributed by atoms with Crippen LogP contribution in [0.5, 0.6) is 0 Å². The van der Waals surface area contributed by atoms with E-state index in [0.29, 0.717) is 25.7 Å². The molecule has 1 aliphatic rings. The number of aliphatic carboxylic acids is 1. The minimum atomic E-state index is -1.37. The second-order valence-electron chi connectivity index (χ2n) is 5.04. The highest BCUT2D eigenvalue weighted by Crippen LogP contribution is 2.44. The summed E-state index contributed by atoms with van der Waals surface area (Å²) in [7, 11) is 1.34. The minimum absolute atomic E-state index is 0.00623. The van der Waals surface area contributed by atoms with Gasteiger partial charge in [-0.05, 0) is 18.9 Å². The molecule has 0 unspecified atom stereocenters. The molecule has 1 aliphatic carbocycles. The monoisotopic (exact) mass is 304 g/mol. The fraction of sp³-hybridized carbons (Fsp3) is 0.500. The van der Waals surface area contributed by atoms with Gasteiger partial charge >= 0.3 is 5.97 Å². The van der Waals surface area contributed by atoms with E-state index in [2.05, 4.69) is 0 Å². The molecule has 6 heteroatoms. The molecule has 0 aliphatic heterocycles. The summed E-state index contributed by atoms with van der Waals surface area (Å²) in [6.07, 6.45) is 1.92. The van der Waals surface area contributed by atoms with E-state index in [1.165, 1.54) is 13.2 Å². The van der Waals surface area contributed by atoms with Crippen molar-refractivity contribution in [2.45, 2.75) is 37.7 Å². The van der Waals surface area contributed by atoms with Gasteiger partial charge in [-0.15, -0.1) is 0 Å². The summed E-state index contributed by atoms with van der Waals surface area (Å²) in [4.78, 5) is 11.6. The van der Waals surface area contributed by atoms with Crippen LogP contribution in [0.1, 0.15) is 36.8 Å². The Labute approximate surface area is 120 Å². The van der Waals surface area contributed by atoms with Gasteiger partial charge in [0.2, 0.25) is 0 Å². The lowest BCUT2D eigenvalue weighted by Crippen LogP contribution is -2.34. The maximum absolute atomic E-state index is 14.3. The highest BCUT2D eigenvalue weighted by atomic mass is 35.5.